The SMILES string of the molecule is NS(=O)(=O)c1cc(F)cc(C(=O)NCCC2CC2)c1Br. The number of rotatable bonds is 5. The van der Waals surface area contributed by atoms with E-state index < -0.39 is 26.6 Å². The molecule has 8 heteroatoms. The smallest absolute Gasteiger partial charge is 0.252 e. The highest BCUT2D eigenvalue weighted by atomic mass is 79.9. The number of nitrogens with one attached hydrogen (secondary N) is 1. The molecular formula is C12H14BrFN2O3S. The van der Waals surface area contributed by atoms with E-state index in [2.05, 4.69) is 21.2 Å². The van der Waals surface area contributed by atoms with Crippen LogP contribution in [0.5, 0.6) is 0 Å². The molecule has 2 rings (SSSR count). The molecule has 1 aliphatic rings. The highest BCUT2D eigenvalue weighted by Crippen LogP contribution is 2.32. The van der Waals surface area contributed by atoms with E-state index >= 15 is 0 Å². The molecule has 0 aromatic heterocycles. The lowest BCUT2D eigenvalue weighted by molar-refractivity contribution is 0.0951. The summed E-state index contributed by atoms with van der Waals surface area (Å²) < 4.78 is 36.1. The Morgan fingerprint density at radius 3 is 2.65 bits per heavy atom. The third-order valence-corrected chi connectivity index (χ3v) is 5.14. The monoisotopic (exact) mass is 364 g/mol. The van der Waals surface area contributed by atoms with Gasteiger partial charge in [0.15, 0.2) is 0 Å². The van der Waals surface area contributed by atoms with Gasteiger partial charge in [-0.3, -0.25) is 4.79 Å². The van der Waals surface area contributed by atoms with Gasteiger partial charge in [0.05, 0.1) is 14.9 Å². The second-order valence-corrected chi connectivity index (χ2v) is 7.12. The number of nitrogens with two attached hydrogens (primary N) is 1. The zero-order chi connectivity index (χ0) is 14.9. The van der Waals surface area contributed by atoms with Gasteiger partial charge in [0.1, 0.15) is 5.82 Å². The van der Waals surface area contributed by atoms with E-state index in [1.807, 2.05) is 0 Å². The molecule has 1 amide bonds. The fourth-order valence-electron chi connectivity index (χ4n) is 1.83. The fraction of sp³-hybridized carbons (Fsp3) is 0.417. The first-order chi connectivity index (χ1) is 9.29. The molecule has 1 aromatic carbocycles. The van der Waals surface area contributed by atoms with Crippen LogP contribution in [-0.4, -0.2) is 20.9 Å². The van der Waals surface area contributed by atoms with Gasteiger partial charge in [-0.1, -0.05) is 12.8 Å². The third-order valence-electron chi connectivity index (χ3n) is 3.09. The Bertz CT molecular complexity index is 644. The Labute approximate surface area is 124 Å². The summed E-state index contributed by atoms with van der Waals surface area (Å²) in [5, 5.41) is 7.63. The summed E-state index contributed by atoms with van der Waals surface area (Å²) in [5.41, 5.74) is -0.0789. The van der Waals surface area contributed by atoms with E-state index in [1.165, 1.54) is 12.8 Å². The van der Waals surface area contributed by atoms with Gasteiger partial charge in [0, 0.05) is 6.54 Å². The van der Waals surface area contributed by atoms with Crippen molar-refractivity contribution >= 4 is 31.9 Å². The molecule has 0 bridgehead atoms. The number of halogens is 2. The van der Waals surface area contributed by atoms with Gasteiger partial charge >= 0.3 is 0 Å². The lowest BCUT2D eigenvalue weighted by atomic mass is 10.2. The molecule has 0 unspecified atom stereocenters. The Morgan fingerprint density at radius 2 is 2.10 bits per heavy atom. The number of primary sulfonamides is 1. The summed E-state index contributed by atoms with van der Waals surface area (Å²) >= 11 is 3.00. The average Bonchev–Trinajstić information content (AvgIpc) is 3.14. The topological polar surface area (TPSA) is 89.3 Å². The van der Waals surface area contributed by atoms with E-state index in [-0.39, 0.29) is 10.0 Å². The van der Waals surface area contributed by atoms with Gasteiger partial charge < -0.3 is 5.32 Å². The van der Waals surface area contributed by atoms with Crippen molar-refractivity contribution in [2.24, 2.45) is 11.1 Å². The molecule has 0 radical (unpaired) electrons. The largest absolute Gasteiger partial charge is 0.352 e. The van der Waals surface area contributed by atoms with Crippen molar-refractivity contribution in [1.29, 1.82) is 0 Å². The van der Waals surface area contributed by atoms with Crippen LogP contribution < -0.4 is 10.5 Å². The minimum Gasteiger partial charge on any atom is -0.352 e. The number of carbonyl (C=O) groups is 1. The van der Waals surface area contributed by atoms with Crippen LogP contribution in [0, 0.1) is 11.7 Å². The van der Waals surface area contributed by atoms with Crippen molar-refractivity contribution < 1.29 is 17.6 Å². The summed E-state index contributed by atoms with van der Waals surface area (Å²) in [6.45, 7) is 0.483. The summed E-state index contributed by atoms with van der Waals surface area (Å²) in [6, 6.07) is 1.76. The van der Waals surface area contributed by atoms with E-state index in [4.69, 9.17) is 5.14 Å². The van der Waals surface area contributed by atoms with Crippen molar-refractivity contribution in [2.45, 2.75) is 24.2 Å². The summed E-state index contributed by atoms with van der Waals surface area (Å²) in [7, 11) is -4.10. The van der Waals surface area contributed by atoms with Crippen LogP contribution in [-0.2, 0) is 10.0 Å². The summed E-state index contributed by atoms with van der Waals surface area (Å²) in [6.07, 6.45) is 3.23. The predicted molar refractivity (Wildman–Crippen MR) is 75.1 cm³/mol. The molecule has 1 aromatic rings. The van der Waals surface area contributed by atoms with E-state index in [0.717, 1.165) is 18.6 Å². The molecule has 0 aliphatic heterocycles. The zero-order valence-electron chi connectivity index (χ0n) is 10.5. The molecule has 0 atom stereocenters. The number of hydrogen-bond donors (Lipinski definition) is 2. The number of amides is 1. The standard InChI is InChI=1S/C12H14BrFN2O3S/c13-11-9(12(17)16-4-3-7-1-2-7)5-8(14)6-10(11)20(15,18)19/h5-7H,1-4H2,(H,16,17)(H2,15,18,19). The van der Waals surface area contributed by atoms with Gasteiger partial charge in [0.25, 0.3) is 5.91 Å². The van der Waals surface area contributed by atoms with Gasteiger partial charge in [0.2, 0.25) is 10.0 Å². The first kappa shape index (κ1) is 15.4. The highest BCUT2D eigenvalue weighted by molar-refractivity contribution is 9.10. The van der Waals surface area contributed by atoms with E-state index in [9.17, 15) is 17.6 Å². The van der Waals surface area contributed by atoms with Crippen LogP contribution >= 0.6 is 15.9 Å². The molecule has 1 saturated carbocycles. The second kappa shape index (κ2) is 5.79. The van der Waals surface area contributed by atoms with Gasteiger partial charge in [-0.15, -0.1) is 0 Å². The maximum atomic E-state index is 13.4. The predicted octanol–water partition coefficient (Wildman–Crippen LogP) is 1.77. The van der Waals surface area contributed by atoms with Crippen LogP contribution in [0.3, 0.4) is 0 Å². The molecule has 20 heavy (non-hydrogen) atoms. The minimum absolute atomic E-state index is 0.0229. The first-order valence-corrected chi connectivity index (χ1v) is 8.43. The Morgan fingerprint density at radius 1 is 1.45 bits per heavy atom. The molecule has 110 valence electrons. The maximum absolute atomic E-state index is 13.4. The quantitative estimate of drug-likeness (QED) is 0.833. The lowest BCUT2D eigenvalue weighted by Crippen LogP contribution is -2.26. The van der Waals surface area contributed by atoms with Crippen molar-refractivity contribution in [1.82, 2.24) is 5.32 Å². The summed E-state index contributed by atoms with van der Waals surface area (Å²) in [4.78, 5) is 11.5. The molecule has 0 saturated heterocycles. The van der Waals surface area contributed by atoms with Gasteiger partial charge in [-0.2, -0.15) is 0 Å². The molecule has 1 fully saturated rings. The molecular weight excluding hydrogens is 351 g/mol. The Kier molecular flexibility index (Phi) is 4.46. The van der Waals surface area contributed by atoms with Crippen molar-refractivity contribution in [3.8, 4) is 0 Å². The van der Waals surface area contributed by atoms with Crippen LogP contribution in [0.1, 0.15) is 29.6 Å². The summed E-state index contributed by atoms with van der Waals surface area (Å²) in [5.74, 6) is -0.697. The highest BCUT2D eigenvalue weighted by Gasteiger charge is 2.23. The Hall–Kier alpha value is -0.990. The molecule has 0 heterocycles. The van der Waals surface area contributed by atoms with Gasteiger partial charge in [-0.25, -0.2) is 17.9 Å². The van der Waals surface area contributed by atoms with Crippen LogP contribution in [0.4, 0.5) is 4.39 Å². The zero-order valence-corrected chi connectivity index (χ0v) is 12.9. The van der Waals surface area contributed by atoms with Crippen molar-refractivity contribution in [2.75, 3.05) is 6.54 Å². The third kappa shape index (κ3) is 3.77. The van der Waals surface area contributed by atoms with Gasteiger partial charge in [-0.05, 0) is 40.4 Å². The number of benzene rings is 1. The fourth-order valence-corrected chi connectivity index (χ4v) is 3.55. The lowest BCUT2D eigenvalue weighted by Gasteiger charge is -2.10. The van der Waals surface area contributed by atoms with Crippen LogP contribution in [0.2, 0.25) is 0 Å². The second-order valence-electron chi connectivity index (χ2n) is 4.80. The normalized spacial score (nSPS) is 15.2. The molecule has 5 nitrogen and oxygen atoms in total. The number of hydrogen-bond acceptors (Lipinski definition) is 3. The average molecular weight is 365 g/mol. The van der Waals surface area contributed by atoms with E-state index in [0.29, 0.717) is 12.5 Å². The molecule has 3 N–H and O–H groups in total. The first-order valence-electron chi connectivity index (χ1n) is 6.09. The maximum Gasteiger partial charge on any atom is 0.252 e. The number of sulfonamides is 1. The molecule has 1 aliphatic carbocycles. The Balaban J connectivity index is 2.21. The van der Waals surface area contributed by atoms with Crippen LogP contribution in [0.25, 0.3) is 0 Å². The number of carbonyl (C=O) groups excluding carboxylic acids is 1. The van der Waals surface area contributed by atoms with E-state index in [1.54, 1.807) is 0 Å². The van der Waals surface area contributed by atoms with Crippen molar-refractivity contribution in [3.05, 3.63) is 28.0 Å². The molecule has 0 spiro atoms. The minimum atomic E-state index is -4.10. The van der Waals surface area contributed by atoms with Crippen LogP contribution in [0.15, 0.2) is 21.5 Å². The van der Waals surface area contributed by atoms with Crippen molar-refractivity contribution in [3.63, 3.8) is 0 Å².